The molecule has 0 aromatic carbocycles. The molecule has 0 N–H and O–H groups in total. The second-order valence-electron chi connectivity index (χ2n) is 18.1. The lowest BCUT2D eigenvalue weighted by atomic mass is 10.0. The number of carbonyl (C=O) groups is 1. The molecule has 0 aromatic heterocycles. The van der Waals surface area contributed by atoms with Crippen LogP contribution in [0.25, 0.3) is 0 Å². The first-order valence-corrected chi connectivity index (χ1v) is 26.1. The summed E-state index contributed by atoms with van der Waals surface area (Å²) in [7, 11) is 0. The summed E-state index contributed by atoms with van der Waals surface area (Å²) in [6.07, 6.45) is 59.3. The Morgan fingerprint density at radius 3 is 0.673 bits per heavy atom. The van der Waals surface area contributed by atoms with Gasteiger partial charge in [0.2, 0.25) is 5.91 Å². The van der Waals surface area contributed by atoms with Crippen molar-refractivity contribution >= 4 is 5.91 Å². The molecule has 3 heteroatoms. The highest BCUT2D eigenvalue weighted by Crippen LogP contribution is 2.16. The minimum atomic E-state index is 0.280. The van der Waals surface area contributed by atoms with Gasteiger partial charge in [-0.1, -0.05) is 271 Å². The van der Waals surface area contributed by atoms with Crippen molar-refractivity contribution in [2.24, 2.45) is 0 Å². The van der Waals surface area contributed by atoms with Crippen molar-refractivity contribution in [3.8, 4) is 0 Å². The molecule has 0 saturated carbocycles. The predicted octanol–water partition coefficient (Wildman–Crippen LogP) is 17.6. The molecular formula is C52H106N2O. The molecule has 0 bridgehead atoms. The topological polar surface area (TPSA) is 23.6 Å². The zero-order valence-electron chi connectivity index (χ0n) is 39.0. The van der Waals surface area contributed by atoms with E-state index in [9.17, 15) is 4.79 Å². The molecule has 0 rings (SSSR count). The number of carbonyl (C=O) groups excluding carboxylic acids is 1. The maximum absolute atomic E-state index is 12.6. The summed E-state index contributed by atoms with van der Waals surface area (Å²) in [5, 5.41) is 0. The summed E-state index contributed by atoms with van der Waals surface area (Å²) in [6, 6.07) is 0. The van der Waals surface area contributed by atoms with Gasteiger partial charge < -0.3 is 9.80 Å². The van der Waals surface area contributed by atoms with Crippen molar-refractivity contribution in [1.29, 1.82) is 0 Å². The highest BCUT2D eigenvalue weighted by Gasteiger charge is 2.12. The monoisotopic (exact) mass is 775 g/mol. The second-order valence-corrected chi connectivity index (χ2v) is 18.1. The van der Waals surface area contributed by atoms with E-state index >= 15 is 0 Å². The van der Waals surface area contributed by atoms with E-state index in [1.165, 1.54) is 283 Å². The highest BCUT2D eigenvalue weighted by atomic mass is 16.2. The van der Waals surface area contributed by atoms with Crippen molar-refractivity contribution < 1.29 is 4.79 Å². The Kier molecular flexibility index (Phi) is 47.3. The van der Waals surface area contributed by atoms with E-state index in [1.54, 1.807) is 6.92 Å². The van der Waals surface area contributed by atoms with Crippen LogP contribution >= 0.6 is 0 Å². The summed E-state index contributed by atoms with van der Waals surface area (Å²) in [5.74, 6) is 0.280. The van der Waals surface area contributed by atoms with Crippen LogP contribution in [0.5, 0.6) is 0 Å². The van der Waals surface area contributed by atoms with Gasteiger partial charge >= 0.3 is 0 Å². The second kappa shape index (κ2) is 47.8. The Morgan fingerprint density at radius 2 is 0.455 bits per heavy atom. The lowest BCUT2D eigenvalue weighted by Crippen LogP contribution is -2.39. The Hall–Kier alpha value is -0.570. The maximum Gasteiger partial charge on any atom is 0.219 e. The van der Waals surface area contributed by atoms with Crippen molar-refractivity contribution in [1.82, 2.24) is 9.80 Å². The number of amides is 1. The van der Waals surface area contributed by atoms with Crippen LogP contribution in [0.2, 0.25) is 0 Å². The molecule has 0 aliphatic carbocycles. The third kappa shape index (κ3) is 44.4. The average molecular weight is 775 g/mol. The SMILES string of the molecule is CCCCCCCCCCCCCCCCN(CCCCCCCCCCCCCCCC)CCN(CCCCCCCCCCCCCCCC)C(C)=O. The molecule has 0 fully saturated rings. The highest BCUT2D eigenvalue weighted by molar-refractivity contribution is 5.73. The van der Waals surface area contributed by atoms with Gasteiger partial charge in [0.05, 0.1) is 0 Å². The lowest BCUT2D eigenvalue weighted by molar-refractivity contribution is -0.129. The summed E-state index contributed by atoms with van der Waals surface area (Å²) < 4.78 is 0. The molecule has 55 heavy (non-hydrogen) atoms. The van der Waals surface area contributed by atoms with Crippen LogP contribution < -0.4 is 0 Å². The van der Waals surface area contributed by atoms with Gasteiger partial charge in [-0.05, 0) is 32.4 Å². The number of hydrogen-bond acceptors (Lipinski definition) is 2. The molecule has 0 aromatic rings. The van der Waals surface area contributed by atoms with E-state index in [0.29, 0.717) is 0 Å². The van der Waals surface area contributed by atoms with Gasteiger partial charge in [-0.25, -0.2) is 0 Å². The lowest BCUT2D eigenvalue weighted by Gasteiger charge is -2.27. The van der Waals surface area contributed by atoms with Crippen LogP contribution in [0, 0.1) is 0 Å². The summed E-state index contributed by atoms with van der Waals surface area (Å²) in [4.78, 5) is 17.5. The largest absolute Gasteiger partial charge is 0.342 e. The molecule has 3 nitrogen and oxygen atoms in total. The Morgan fingerprint density at radius 1 is 0.255 bits per heavy atom. The molecule has 330 valence electrons. The van der Waals surface area contributed by atoms with Crippen LogP contribution in [0.3, 0.4) is 0 Å². The Labute approximate surface area is 349 Å². The fourth-order valence-corrected chi connectivity index (χ4v) is 8.58. The van der Waals surface area contributed by atoms with Crippen molar-refractivity contribution in [3.05, 3.63) is 0 Å². The Balaban J connectivity index is 4.27. The molecule has 0 unspecified atom stereocenters. The summed E-state index contributed by atoms with van der Waals surface area (Å²) in [5.41, 5.74) is 0. The number of nitrogens with zero attached hydrogens (tertiary/aromatic N) is 2. The fourth-order valence-electron chi connectivity index (χ4n) is 8.58. The zero-order valence-corrected chi connectivity index (χ0v) is 39.0. The van der Waals surface area contributed by atoms with Gasteiger partial charge in [0, 0.05) is 26.6 Å². The van der Waals surface area contributed by atoms with Gasteiger partial charge in [0.15, 0.2) is 0 Å². The molecule has 0 spiro atoms. The van der Waals surface area contributed by atoms with Crippen molar-refractivity contribution in [3.63, 3.8) is 0 Å². The maximum atomic E-state index is 12.6. The molecule has 0 aliphatic rings. The molecule has 0 aliphatic heterocycles. The number of rotatable bonds is 48. The van der Waals surface area contributed by atoms with E-state index in [4.69, 9.17) is 0 Å². The van der Waals surface area contributed by atoms with E-state index in [2.05, 4.69) is 30.6 Å². The van der Waals surface area contributed by atoms with Gasteiger partial charge in [0.25, 0.3) is 0 Å². The smallest absolute Gasteiger partial charge is 0.219 e. The van der Waals surface area contributed by atoms with Crippen LogP contribution in [-0.4, -0.2) is 48.4 Å². The normalized spacial score (nSPS) is 11.7. The molecule has 0 saturated heterocycles. The van der Waals surface area contributed by atoms with Crippen LogP contribution in [0.4, 0.5) is 0 Å². The van der Waals surface area contributed by atoms with Crippen LogP contribution in [-0.2, 0) is 4.79 Å². The first-order valence-electron chi connectivity index (χ1n) is 26.1. The predicted molar refractivity (Wildman–Crippen MR) is 250 cm³/mol. The Bertz CT molecular complexity index is 678. The first kappa shape index (κ1) is 54.4. The van der Waals surface area contributed by atoms with E-state index in [-0.39, 0.29) is 5.91 Å². The molecular weight excluding hydrogens is 669 g/mol. The number of hydrogen-bond donors (Lipinski definition) is 0. The zero-order chi connectivity index (χ0) is 40.0. The summed E-state index contributed by atoms with van der Waals surface area (Å²) >= 11 is 0. The summed E-state index contributed by atoms with van der Waals surface area (Å²) in [6.45, 7) is 14.1. The average Bonchev–Trinajstić information content (AvgIpc) is 3.18. The van der Waals surface area contributed by atoms with E-state index in [0.717, 1.165) is 19.6 Å². The van der Waals surface area contributed by atoms with Gasteiger partial charge in [-0.15, -0.1) is 0 Å². The minimum absolute atomic E-state index is 0.280. The van der Waals surface area contributed by atoms with Gasteiger partial charge in [0.1, 0.15) is 0 Å². The van der Waals surface area contributed by atoms with Crippen molar-refractivity contribution in [2.45, 2.75) is 297 Å². The van der Waals surface area contributed by atoms with Crippen LogP contribution in [0.1, 0.15) is 297 Å². The molecule has 0 heterocycles. The standard InChI is InChI=1S/C52H106N2O/c1-5-8-11-14-17-20-23-26-29-32-35-38-41-44-47-53(48-45-42-39-36-33-30-27-24-21-18-15-12-9-6-2)50-51-54(52(4)55)49-46-43-40-37-34-31-28-25-22-19-16-13-10-7-3/h5-51H2,1-4H3. The van der Waals surface area contributed by atoms with Gasteiger partial charge in [-0.3, -0.25) is 4.79 Å². The third-order valence-electron chi connectivity index (χ3n) is 12.6. The first-order chi connectivity index (χ1) is 27.2. The minimum Gasteiger partial charge on any atom is -0.342 e. The fraction of sp³-hybridized carbons (Fsp3) is 0.981. The van der Waals surface area contributed by atoms with Gasteiger partial charge in [-0.2, -0.15) is 0 Å². The van der Waals surface area contributed by atoms with E-state index < -0.39 is 0 Å². The third-order valence-corrected chi connectivity index (χ3v) is 12.6. The van der Waals surface area contributed by atoms with Crippen LogP contribution in [0.15, 0.2) is 0 Å². The molecule has 0 atom stereocenters. The van der Waals surface area contributed by atoms with E-state index in [1.807, 2.05) is 0 Å². The number of unbranched alkanes of at least 4 members (excludes halogenated alkanes) is 39. The molecule has 1 amide bonds. The molecule has 0 radical (unpaired) electrons. The van der Waals surface area contributed by atoms with Crippen molar-refractivity contribution in [2.75, 3.05) is 32.7 Å². The quantitative estimate of drug-likeness (QED) is 0.0575.